The molecule has 0 heterocycles. The lowest BCUT2D eigenvalue weighted by Gasteiger charge is -2.12. The third kappa shape index (κ3) is 3.81. The summed E-state index contributed by atoms with van der Waals surface area (Å²) >= 11 is 3.18. The number of halogens is 1. The number of hydrogen-bond acceptors (Lipinski definition) is 5. The maximum Gasteiger partial charge on any atom is 0.318 e. The van der Waals surface area contributed by atoms with Gasteiger partial charge in [-0.05, 0) is 55.5 Å². The molecule has 0 unspecified atom stereocenters. The molecule has 1 aromatic rings. The minimum absolute atomic E-state index is 0.0979. The SMILES string of the molecule is COc1c(O)c(Br)cc(CCCN(C)C)c1[N+](=O)[O-]. The molecule has 7 heteroatoms. The molecule has 0 aliphatic carbocycles. The van der Waals surface area contributed by atoms with Gasteiger partial charge in [-0.3, -0.25) is 10.1 Å². The number of methoxy groups -OCH3 is 1. The smallest absolute Gasteiger partial charge is 0.318 e. The van der Waals surface area contributed by atoms with Crippen molar-refractivity contribution in [3.05, 3.63) is 26.2 Å². The van der Waals surface area contributed by atoms with Gasteiger partial charge in [-0.2, -0.15) is 0 Å². The van der Waals surface area contributed by atoms with Gasteiger partial charge in [-0.1, -0.05) is 0 Å². The van der Waals surface area contributed by atoms with E-state index >= 15 is 0 Å². The molecule has 0 amide bonds. The molecule has 19 heavy (non-hydrogen) atoms. The van der Waals surface area contributed by atoms with Gasteiger partial charge in [-0.25, -0.2) is 0 Å². The number of nitrogens with zero attached hydrogens (tertiary/aromatic N) is 2. The molecule has 1 rings (SSSR count). The van der Waals surface area contributed by atoms with Crippen molar-refractivity contribution >= 4 is 21.6 Å². The van der Waals surface area contributed by atoms with E-state index in [1.54, 1.807) is 6.07 Å². The Morgan fingerprint density at radius 2 is 2.16 bits per heavy atom. The van der Waals surface area contributed by atoms with E-state index < -0.39 is 4.92 Å². The van der Waals surface area contributed by atoms with Gasteiger partial charge in [0.1, 0.15) is 0 Å². The second-order valence-corrected chi connectivity index (χ2v) is 5.27. The summed E-state index contributed by atoms with van der Waals surface area (Å²) in [5.74, 6) is -0.343. The summed E-state index contributed by atoms with van der Waals surface area (Å²) in [6, 6.07) is 1.58. The molecule has 0 atom stereocenters. The second kappa shape index (κ2) is 6.72. The molecule has 0 aliphatic rings. The van der Waals surface area contributed by atoms with E-state index in [-0.39, 0.29) is 17.2 Å². The molecular weight excluding hydrogens is 316 g/mol. The van der Waals surface area contributed by atoms with Crippen LogP contribution in [0.25, 0.3) is 0 Å². The first-order chi connectivity index (χ1) is 8.88. The summed E-state index contributed by atoms with van der Waals surface area (Å²) in [4.78, 5) is 12.6. The third-order valence-electron chi connectivity index (χ3n) is 2.70. The molecular formula is C12H17BrN2O4. The largest absolute Gasteiger partial charge is 0.503 e. The van der Waals surface area contributed by atoms with Gasteiger partial charge in [0, 0.05) is 5.56 Å². The second-order valence-electron chi connectivity index (χ2n) is 4.41. The van der Waals surface area contributed by atoms with Crippen LogP contribution in [-0.2, 0) is 6.42 Å². The maximum atomic E-state index is 11.2. The molecule has 0 aliphatic heterocycles. The zero-order valence-corrected chi connectivity index (χ0v) is 12.7. The third-order valence-corrected chi connectivity index (χ3v) is 3.30. The monoisotopic (exact) mass is 332 g/mol. The van der Waals surface area contributed by atoms with Crippen molar-refractivity contribution in [3.63, 3.8) is 0 Å². The van der Waals surface area contributed by atoms with Crippen LogP contribution < -0.4 is 4.74 Å². The number of phenols is 1. The summed E-state index contributed by atoms with van der Waals surface area (Å²) in [6.07, 6.45) is 1.33. The predicted molar refractivity (Wildman–Crippen MR) is 75.9 cm³/mol. The summed E-state index contributed by atoms with van der Waals surface area (Å²) < 4.78 is 5.35. The Kier molecular flexibility index (Phi) is 5.56. The van der Waals surface area contributed by atoms with Crippen molar-refractivity contribution in [2.45, 2.75) is 12.8 Å². The number of nitro groups is 1. The molecule has 1 N–H and O–H groups in total. The highest BCUT2D eigenvalue weighted by Crippen LogP contribution is 2.44. The first-order valence-corrected chi connectivity index (χ1v) is 6.55. The molecule has 1 aromatic carbocycles. The molecule has 0 fully saturated rings. The number of benzene rings is 1. The molecule has 6 nitrogen and oxygen atoms in total. The number of ether oxygens (including phenoxy) is 1. The average molecular weight is 333 g/mol. The van der Waals surface area contributed by atoms with Crippen LogP contribution in [0.15, 0.2) is 10.5 Å². The number of rotatable bonds is 6. The number of phenolic OH excluding ortho intramolecular Hbond substituents is 1. The van der Waals surface area contributed by atoms with Gasteiger partial charge < -0.3 is 14.7 Å². The van der Waals surface area contributed by atoms with Gasteiger partial charge in [0.25, 0.3) is 0 Å². The Labute approximate surface area is 120 Å². The highest BCUT2D eigenvalue weighted by molar-refractivity contribution is 9.10. The molecule has 0 bridgehead atoms. The lowest BCUT2D eigenvalue weighted by Crippen LogP contribution is -2.13. The summed E-state index contributed by atoms with van der Waals surface area (Å²) in [5, 5.41) is 20.9. The van der Waals surface area contributed by atoms with Crippen LogP contribution >= 0.6 is 15.9 Å². The zero-order valence-electron chi connectivity index (χ0n) is 11.1. The van der Waals surface area contributed by atoms with Gasteiger partial charge in [0.05, 0.1) is 16.5 Å². The average Bonchev–Trinajstić information content (AvgIpc) is 2.31. The van der Waals surface area contributed by atoms with Crippen molar-refractivity contribution in [2.75, 3.05) is 27.7 Å². The molecule has 0 spiro atoms. The van der Waals surface area contributed by atoms with Crippen molar-refractivity contribution in [1.29, 1.82) is 0 Å². The number of nitro benzene ring substituents is 1. The van der Waals surface area contributed by atoms with E-state index in [0.717, 1.165) is 13.0 Å². The van der Waals surface area contributed by atoms with E-state index in [4.69, 9.17) is 4.74 Å². The normalized spacial score (nSPS) is 10.8. The van der Waals surface area contributed by atoms with Crippen LogP contribution in [0.2, 0.25) is 0 Å². The van der Waals surface area contributed by atoms with E-state index in [1.807, 2.05) is 19.0 Å². The van der Waals surface area contributed by atoms with Crippen LogP contribution in [0.3, 0.4) is 0 Å². The van der Waals surface area contributed by atoms with Gasteiger partial charge >= 0.3 is 5.69 Å². The Balaban J connectivity index is 3.15. The van der Waals surface area contributed by atoms with Gasteiger partial charge in [-0.15, -0.1) is 0 Å². The van der Waals surface area contributed by atoms with E-state index in [0.29, 0.717) is 16.5 Å². The van der Waals surface area contributed by atoms with Gasteiger partial charge in [0.2, 0.25) is 5.75 Å². The van der Waals surface area contributed by atoms with E-state index in [1.165, 1.54) is 7.11 Å². The first kappa shape index (κ1) is 15.7. The van der Waals surface area contributed by atoms with Crippen LogP contribution in [0.5, 0.6) is 11.5 Å². The summed E-state index contributed by atoms with van der Waals surface area (Å²) in [7, 11) is 5.20. The first-order valence-electron chi connectivity index (χ1n) is 5.76. The van der Waals surface area contributed by atoms with Crippen LogP contribution in [0.4, 0.5) is 5.69 Å². The standard InChI is InChI=1S/C12H17BrN2O4/c1-14(2)6-4-5-8-7-9(13)11(16)12(19-3)10(8)15(17)18/h7,16H,4-6H2,1-3H3. The fourth-order valence-electron chi connectivity index (χ4n) is 1.83. The number of aryl methyl sites for hydroxylation is 1. The van der Waals surface area contributed by atoms with Crippen molar-refractivity contribution < 1.29 is 14.8 Å². The lowest BCUT2D eigenvalue weighted by atomic mass is 10.1. The zero-order chi connectivity index (χ0) is 14.6. The van der Waals surface area contributed by atoms with Crippen molar-refractivity contribution in [3.8, 4) is 11.5 Å². The van der Waals surface area contributed by atoms with Crippen LogP contribution in [0, 0.1) is 10.1 Å². The number of hydrogen-bond donors (Lipinski definition) is 1. The fraction of sp³-hybridized carbons (Fsp3) is 0.500. The highest BCUT2D eigenvalue weighted by Gasteiger charge is 2.26. The minimum atomic E-state index is -0.518. The fourth-order valence-corrected chi connectivity index (χ4v) is 2.28. The molecule has 0 aromatic heterocycles. The van der Waals surface area contributed by atoms with Crippen LogP contribution in [-0.4, -0.2) is 42.7 Å². The molecule has 106 valence electrons. The topological polar surface area (TPSA) is 75.8 Å². The molecule has 0 saturated carbocycles. The Hall–Kier alpha value is -1.34. The highest BCUT2D eigenvalue weighted by atomic mass is 79.9. The summed E-state index contributed by atoms with van der Waals surface area (Å²) in [5.41, 5.74) is 0.385. The van der Waals surface area contributed by atoms with E-state index in [2.05, 4.69) is 15.9 Å². The Bertz CT molecular complexity index is 477. The minimum Gasteiger partial charge on any atom is -0.503 e. The van der Waals surface area contributed by atoms with Crippen molar-refractivity contribution in [2.24, 2.45) is 0 Å². The van der Waals surface area contributed by atoms with E-state index in [9.17, 15) is 15.2 Å². The lowest BCUT2D eigenvalue weighted by molar-refractivity contribution is -0.386. The summed E-state index contributed by atoms with van der Waals surface area (Å²) in [6.45, 7) is 0.831. The van der Waals surface area contributed by atoms with Crippen LogP contribution in [0.1, 0.15) is 12.0 Å². The quantitative estimate of drug-likeness (QED) is 0.640. The molecule has 0 saturated heterocycles. The van der Waals surface area contributed by atoms with Crippen molar-refractivity contribution in [1.82, 2.24) is 4.90 Å². The number of aromatic hydroxyl groups is 1. The molecule has 0 radical (unpaired) electrons. The van der Waals surface area contributed by atoms with Gasteiger partial charge in [0.15, 0.2) is 5.75 Å². The Morgan fingerprint density at radius 3 is 2.63 bits per heavy atom. The maximum absolute atomic E-state index is 11.2. The Morgan fingerprint density at radius 1 is 1.53 bits per heavy atom. The predicted octanol–water partition coefficient (Wildman–Crippen LogP) is 2.57.